The fourth-order valence-electron chi connectivity index (χ4n) is 1.86. The van der Waals surface area contributed by atoms with Crippen molar-refractivity contribution in [2.75, 3.05) is 0 Å². The second kappa shape index (κ2) is 5.41. The molecule has 0 aliphatic rings. The topological polar surface area (TPSA) is 54.5 Å². The van der Waals surface area contributed by atoms with Gasteiger partial charge in [-0.1, -0.05) is 24.3 Å². The first-order chi connectivity index (χ1) is 8.74. The van der Waals surface area contributed by atoms with Crippen molar-refractivity contribution in [3.63, 3.8) is 0 Å². The Morgan fingerprint density at radius 2 is 2.06 bits per heavy atom. The van der Waals surface area contributed by atoms with Crippen molar-refractivity contribution in [2.45, 2.75) is 26.3 Å². The van der Waals surface area contributed by atoms with Crippen molar-refractivity contribution in [1.82, 2.24) is 15.0 Å². The first-order valence-electron chi connectivity index (χ1n) is 5.77. The van der Waals surface area contributed by atoms with Gasteiger partial charge in [0.2, 0.25) is 0 Å². The zero-order valence-electron chi connectivity index (χ0n) is 10.1. The van der Waals surface area contributed by atoms with Crippen molar-refractivity contribution < 1.29 is 4.39 Å². The molecule has 0 aliphatic heterocycles. The number of aromatic nitrogens is 3. The summed E-state index contributed by atoms with van der Waals surface area (Å²) in [5.41, 5.74) is 2.64. The Bertz CT molecular complexity index is 566. The standard InChI is InChI=1S/C13H13FN4/c1-2-13-12(7-8-15)16-17-18(13)9-10-3-5-11(14)6-4-10/h3-6H,2,7,9H2,1H3. The molecule has 18 heavy (non-hydrogen) atoms. The maximum absolute atomic E-state index is 12.8. The fraction of sp³-hybridized carbons (Fsp3) is 0.308. The molecule has 0 aliphatic carbocycles. The molecule has 0 bridgehead atoms. The van der Waals surface area contributed by atoms with Crippen LogP contribution in [-0.4, -0.2) is 15.0 Å². The summed E-state index contributed by atoms with van der Waals surface area (Å²) in [6.45, 7) is 2.54. The van der Waals surface area contributed by atoms with Gasteiger partial charge < -0.3 is 0 Å². The van der Waals surface area contributed by atoms with Crippen LogP contribution in [0, 0.1) is 17.1 Å². The molecule has 0 saturated heterocycles. The van der Waals surface area contributed by atoms with Crippen molar-refractivity contribution in [1.29, 1.82) is 5.26 Å². The summed E-state index contributed by atoms with van der Waals surface area (Å²) in [6.07, 6.45) is 1.04. The molecule has 0 saturated carbocycles. The molecule has 0 unspecified atom stereocenters. The molecule has 0 spiro atoms. The van der Waals surface area contributed by atoms with Gasteiger partial charge in [0.1, 0.15) is 5.82 Å². The number of hydrogen-bond acceptors (Lipinski definition) is 3. The third-order valence-corrected chi connectivity index (χ3v) is 2.75. The van der Waals surface area contributed by atoms with Crippen LogP contribution in [0.25, 0.3) is 0 Å². The zero-order valence-corrected chi connectivity index (χ0v) is 10.1. The predicted octanol–water partition coefficient (Wildman–Crippen LogP) is 2.09. The SMILES string of the molecule is CCc1c(CC#N)nnn1Cc1ccc(F)cc1. The second-order valence-corrected chi connectivity index (χ2v) is 3.96. The molecule has 0 atom stereocenters. The van der Waals surface area contributed by atoms with E-state index in [1.165, 1.54) is 12.1 Å². The molecule has 1 heterocycles. The summed E-state index contributed by atoms with van der Waals surface area (Å²) >= 11 is 0. The van der Waals surface area contributed by atoms with E-state index >= 15 is 0 Å². The third-order valence-electron chi connectivity index (χ3n) is 2.75. The summed E-state index contributed by atoms with van der Waals surface area (Å²) in [6, 6.07) is 8.37. The van der Waals surface area contributed by atoms with Gasteiger partial charge in [0, 0.05) is 0 Å². The summed E-state index contributed by atoms with van der Waals surface area (Å²) in [7, 11) is 0. The van der Waals surface area contributed by atoms with Crippen molar-refractivity contribution >= 4 is 0 Å². The summed E-state index contributed by atoms with van der Waals surface area (Å²) in [5, 5.41) is 16.8. The first kappa shape index (κ1) is 12.2. The number of nitriles is 1. The highest BCUT2D eigenvalue weighted by Gasteiger charge is 2.10. The van der Waals surface area contributed by atoms with E-state index in [1.54, 1.807) is 16.8 Å². The van der Waals surface area contributed by atoms with Crippen molar-refractivity contribution in [3.8, 4) is 6.07 Å². The highest BCUT2D eigenvalue weighted by molar-refractivity contribution is 5.19. The average molecular weight is 244 g/mol. The van der Waals surface area contributed by atoms with Crippen LogP contribution in [0.3, 0.4) is 0 Å². The normalized spacial score (nSPS) is 10.3. The highest BCUT2D eigenvalue weighted by atomic mass is 19.1. The second-order valence-electron chi connectivity index (χ2n) is 3.96. The van der Waals surface area contributed by atoms with Crippen LogP contribution in [-0.2, 0) is 19.4 Å². The molecule has 5 heteroatoms. The lowest BCUT2D eigenvalue weighted by Crippen LogP contribution is -2.06. The lowest BCUT2D eigenvalue weighted by molar-refractivity contribution is 0.612. The molecule has 4 nitrogen and oxygen atoms in total. The van der Waals surface area contributed by atoms with Crippen LogP contribution in [0.2, 0.25) is 0 Å². The molecule has 2 rings (SSSR count). The highest BCUT2D eigenvalue weighted by Crippen LogP contribution is 2.11. The van der Waals surface area contributed by atoms with E-state index in [0.29, 0.717) is 6.54 Å². The Kier molecular flexibility index (Phi) is 3.68. The summed E-state index contributed by atoms with van der Waals surface area (Å²) in [4.78, 5) is 0. The van der Waals surface area contributed by atoms with E-state index in [1.807, 2.05) is 6.92 Å². The average Bonchev–Trinajstić information content (AvgIpc) is 2.75. The van der Waals surface area contributed by atoms with Gasteiger partial charge in [0.05, 0.1) is 30.4 Å². The minimum atomic E-state index is -0.252. The quantitative estimate of drug-likeness (QED) is 0.827. The first-order valence-corrected chi connectivity index (χ1v) is 5.77. The maximum atomic E-state index is 12.8. The van der Waals surface area contributed by atoms with E-state index < -0.39 is 0 Å². The van der Waals surface area contributed by atoms with Gasteiger partial charge >= 0.3 is 0 Å². The van der Waals surface area contributed by atoms with Crippen LogP contribution in [0.4, 0.5) is 4.39 Å². The predicted molar refractivity (Wildman–Crippen MR) is 64.2 cm³/mol. The molecule has 1 aromatic heterocycles. The van der Waals surface area contributed by atoms with E-state index in [-0.39, 0.29) is 12.2 Å². The van der Waals surface area contributed by atoms with Gasteiger partial charge in [0.15, 0.2) is 0 Å². The van der Waals surface area contributed by atoms with Crippen LogP contribution < -0.4 is 0 Å². The lowest BCUT2D eigenvalue weighted by Gasteiger charge is -2.05. The van der Waals surface area contributed by atoms with E-state index in [9.17, 15) is 4.39 Å². The minimum absolute atomic E-state index is 0.252. The maximum Gasteiger partial charge on any atom is 0.123 e. The molecule has 1 aromatic carbocycles. The fourth-order valence-corrected chi connectivity index (χ4v) is 1.86. The van der Waals surface area contributed by atoms with Crippen LogP contribution in [0.15, 0.2) is 24.3 Å². The van der Waals surface area contributed by atoms with Gasteiger partial charge in [0.25, 0.3) is 0 Å². The zero-order chi connectivity index (χ0) is 13.0. The molecule has 0 amide bonds. The number of halogens is 1. The van der Waals surface area contributed by atoms with E-state index in [2.05, 4.69) is 16.4 Å². The number of rotatable bonds is 4. The van der Waals surface area contributed by atoms with E-state index in [0.717, 1.165) is 23.4 Å². The molecule has 0 N–H and O–H groups in total. The molecular weight excluding hydrogens is 231 g/mol. The summed E-state index contributed by atoms with van der Waals surface area (Å²) in [5.74, 6) is -0.252. The van der Waals surface area contributed by atoms with Crippen molar-refractivity contribution in [2.24, 2.45) is 0 Å². The lowest BCUT2D eigenvalue weighted by atomic mass is 10.2. The van der Waals surface area contributed by atoms with Gasteiger partial charge in [-0.15, -0.1) is 5.10 Å². The van der Waals surface area contributed by atoms with Crippen LogP contribution >= 0.6 is 0 Å². The Morgan fingerprint density at radius 3 is 2.67 bits per heavy atom. The smallest absolute Gasteiger partial charge is 0.123 e. The summed E-state index contributed by atoms with van der Waals surface area (Å²) < 4.78 is 14.6. The van der Waals surface area contributed by atoms with E-state index in [4.69, 9.17) is 5.26 Å². The van der Waals surface area contributed by atoms with Gasteiger partial charge in [-0.05, 0) is 24.1 Å². The number of hydrogen-bond donors (Lipinski definition) is 0. The molecule has 2 aromatic rings. The Labute approximate surface area is 105 Å². The number of nitrogens with zero attached hydrogens (tertiary/aromatic N) is 4. The largest absolute Gasteiger partial charge is 0.245 e. The Morgan fingerprint density at radius 1 is 1.33 bits per heavy atom. The molecule has 0 fully saturated rings. The van der Waals surface area contributed by atoms with Crippen molar-refractivity contribution in [3.05, 3.63) is 47.0 Å². The van der Waals surface area contributed by atoms with Crippen LogP contribution in [0.1, 0.15) is 23.9 Å². The Hall–Kier alpha value is -2.22. The van der Waals surface area contributed by atoms with Gasteiger partial charge in [-0.25, -0.2) is 9.07 Å². The van der Waals surface area contributed by atoms with Crippen LogP contribution in [0.5, 0.6) is 0 Å². The number of benzene rings is 1. The monoisotopic (exact) mass is 244 g/mol. The molecular formula is C13H13FN4. The van der Waals surface area contributed by atoms with Gasteiger partial charge in [-0.3, -0.25) is 0 Å². The minimum Gasteiger partial charge on any atom is -0.245 e. The van der Waals surface area contributed by atoms with Gasteiger partial charge in [-0.2, -0.15) is 5.26 Å². The third kappa shape index (κ3) is 2.54. The molecule has 0 radical (unpaired) electrons. The molecule has 92 valence electrons. The Balaban J connectivity index is 2.24.